The van der Waals surface area contributed by atoms with Gasteiger partial charge in [0.15, 0.2) is 0 Å². The van der Waals surface area contributed by atoms with Crippen LogP contribution in [0, 0.1) is 5.41 Å². The van der Waals surface area contributed by atoms with Crippen LogP contribution in [0.5, 0.6) is 0 Å². The fraction of sp³-hybridized carbons (Fsp3) is 0.348. The molecule has 1 saturated heterocycles. The average molecular weight is 406 g/mol. The Hall–Kier alpha value is -3.19. The molecular formula is C23H26N4O3. The van der Waals surface area contributed by atoms with Crippen LogP contribution in [-0.4, -0.2) is 28.4 Å². The Bertz CT molecular complexity index is 1090. The maximum absolute atomic E-state index is 12.7. The number of carbonyl (C=O) groups excluding carboxylic acids is 2. The second kappa shape index (κ2) is 7.91. The fourth-order valence-electron chi connectivity index (χ4n) is 3.31. The van der Waals surface area contributed by atoms with Crippen molar-refractivity contribution in [2.75, 3.05) is 17.2 Å². The minimum Gasteiger partial charge on any atom is -0.370 e. The summed E-state index contributed by atoms with van der Waals surface area (Å²) in [4.78, 5) is 32.8. The lowest BCUT2D eigenvalue weighted by Gasteiger charge is -2.18. The molecule has 2 heterocycles. The number of fused-ring (bicyclic) bond motifs is 1. The molecule has 2 aromatic carbocycles. The monoisotopic (exact) mass is 406 g/mol. The number of H-pyrrole nitrogens is 1. The predicted octanol–water partition coefficient (Wildman–Crippen LogP) is 4.65. The molecule has 1 atom stereocenters. The van der Waals surface area contributed by atoms with Gasteiger partial charge in [-0.05, 0) is 49.2 Å². The zero-order valence-corrected chi connectivity index (χ0v) is 17.4. The quantitative estimate of drug-likeness (QED) is 0.587. The van der Waals surface area contributed by atoms with Crippen molar-refractivity contribution >= 4 is 34.2 Å². The normalized spacial score (nSPS) is 16.6. The minimum atomic E-state index is -0.514. The molecule has 0 aliphatic carbocycles. The number of ether oxygens (including phenoxy) is 1. The fourth-order valence-corrected chi connectivity index (χ4v) is 3.31. The lowest BCUT2D eigenvalue weighted by Crippen LogP contribution is -2.27. The zero-order chi connectivity index (χ0) is 21.3. The molecule has 1 unspecified atom stereocenters. The van der Waals surface area contributed by atoms with Gasteiger partial charge in [0.25, 0.3) is 5.91 Å². The number of rotatable bonds is 4. The average Bonchev–Trinajstić information content (AvgIpc) is 3.36. The first kappa shape index (κ1) is 20.1. The van der Waals surface area contributed by atoms with Crippen molar-refractivity contribution < 1.29 is 14.3 Å². The number of nitrogens with zero attached hydrogens (tertiary/aromatic N) is 1. The maximum atomic E-state index is 12.7. The van der Waals surface area contributed by atoms with Gasteiger partial charge in [0.1, 0.15) is 11.9 Å². The Morgan fingerprint density at radius 3 is 2.63 bits per heavy atom. The summed E-state index contributed by atoms with van der Waals surface area (Å²) in [7, 11) is 0. The number of aromatic amines is 1. The molecule has 0 radical (unpaired) electrons. The van der Waals surface area contributed by atoms with Crippen LogP contribution in [0.4, 0.5) is 11.4 Å². The standard InChI is InChI=1S/C23H26N4O3/c1-23(2,3)22(29)25-15-7-4-6-14(12-15)21(28)24-16-9-10-17-18(13-16)27-20(26-17)19-8-5-11-30-19/h4,6-7,9-10,12-13,19H,5,8,11H2,1-3H3,(H,24,28)(H,25,29)(H,26,27). The second-order valence-corrected chi connectivity index (χ2v) is 8.59. The van der Waals surface area contributed by atoms with Crippen molar-refractivity contribution in [2.45, 2.75) is 39.7 Å². The molecule has 156 valence electrons. The summed E-state index contributed by atoms with van der Waals surface area (Å²) in [6.07, 6.45) is 2.02. The molecule has 1 aliphatic heterocycles. The van der Waals surface area contributed by atoms with Gasteiger partial charge < -0.3 is 20.4 Å². The largest absolute Gasteiger partial charge is 0.370 e. The van der Waals surface area contributed by atoms with E-state index >= 15 is 0 Å². The van der Waals surface area contributed by atoms with E-state index in [1.54, 1.807) is 24.3 Å². The molecule has 7 heteroatoms. The Morgan fingerprint density at radius 1 is 1.10 bits per heavy atom. The Morgan fingerprint density at radius 2 is 1.90 bits per heavy atom. The Labute approximate surface area is 175 Å². The second-order valence-electron chi connectivity index (χ2n) is 8.59. The van der Waals surface area contributed by atoms with Gasteiger partial charge in [-0.1, -0.05) is 26.8 Å². The van der Waals surface area contributed by atoms with Crippen molar-refractivity contribution in [1.29, 1.82) is 0 Å². The molecule has 1 aliphatic rings. The summed E-state index contributed by atoms with van der Waals surface area (Å²) in [5.74, 6) is 0.472. The van der Waals surface area contributed by atoms with E-state index in [4.69, 9.17) is 4.74 Å². The van der Waals surface area contributed by atoms with E-state index in [2.05, 4.69) is 20.6 Å². The van der Waals surface area contributed by atoms with Crippen molar-refractivity contribution in [2.24, 2.45) is 5.41 Å². The molecule has 30 heavy (non-hydrogen) atoms. The van der Waals surface area contributed by atoms with E-state index < -0.39 is 5.41 Å². The van der Waals surface area contributed by atoms with Crippen LogP contribution in [0.2, 0.25) is 0 Å². The van der Waals surface area contributed by atoms with Crippen molar-refractivity contribution in [1.82, 2.24) is 9.97 Å². The van der Waals surface area contributed by atoms with E-state index in [0.29, 0.717) is 16.9 Å². The third-order valence-electron chi connectivity index (χ3n) is 5.06. The summed E-state index contributed by atoms with van der Waals surface area (Å²) in [6, 6.07) is 12.5. The Balaban J connectivity index is 1.48. The molecule has 1 aromatic heterocycles. The van der Waals surface area contributed by atoms with Crippen molar-refractivity contribution in [3.8, 4) is 0 Å². The number of amides is 2. The van der Waals surface area contributed by atoms with Crippen molar-refractivity contribution in [3.63, 3.8) is 0 Å². The van der Waals surface area contributed by atoms with Gasteiger partial charge in [-0.2, -0.15) is 0 Å². The third kappa shape index (κ3) is 4.36. The molecule has 0 spiro atoms. The van der Waals surface area contributed by atoms with Crippen molar-refractivity contribution in [3.05, 3.63) is 53.9 Å². The van der Waals surface area contributed by atoms with Crippen LogP contribution in [-0.2, 0) is 9.53 Å². The van der Waals surface area contributed by atoms with Gasteiger partial charge in [0.05, 0.1) is 11.0 Å². The summed E-state index contributed by atoms with van der Waals surface area (Å²) in [5, 5.41) is 5.76. The highest BCUT2D eigenvalue weighted by atomic mass is 16.5. The highest BCUT2D eigenvalue weighted by Crippen LogP contribution is 2.29. The summed E-state index contributed by atoms with van der Waals surface area (Å²) in [5.41, 5.74) is 2.90. The molecule has 1 fully saturated rings. The number of nitrogens with one attached hydrogen (secondary N) is 3. The predicted molar refractivity (Wildman–Crippen MR) is 117 cm³/mol. The summed E-state index contributed by atoms with van der Waals surface area (Å²) >= 11 is 0. The number of carbonyl (C=O) groups is 2. The number of hydrogen-bond acceptors (Lipinski definition) is 4. The van der Waals surface area contributed by atoms with Gasteiger partial charge in [-0.15, -0.1) is 0 Å². The zero-order valence-electron chi connectivity index (χ0n) is 17.4. The lowest BCUT2D eigenvalue weighted by molar-refractivity contribution is -0.123. The number of imidazole rings is 1. The van der Waals surface area contributed by atoms with Crippen LogP contribution in [0.3, 0.4) is 0 Å². The number of aromatic nitrogens is 2. The van der Waals surface area contributed by atoms with Gasteiger partial charge in [0, 0.05) is 29.0 Å². The third-order valence-corrected chi connectivity index (χ3v) is 5.06. The smallest absolute Gasteiger partial charge is 0.255 e. The van der Waals surface area contributed by atoms with E-state index in [0.717, 1.165) is 36.3 Å². The molecule has 4 rings (SSSR count). The molecule has 3 aromatic rings. The summed E-state index contributed by atoms with van der Waals surface area (Å²) < 4.78 is 5.69. The molecule has 0 bridgehead atoms. The molecule has 7 nitrogen and oxygen atoms in total. The SMILES string of the molecule is CC(C)(C)C(=O)Nc1cccc(C(=O)Nc2ccc3nc(C4CCCO4)[nH]c3c2)c1. The van der Waals surface area contributed by atoms with Gasteiger partial charge in [0.2, 0.25) is 5.91 Å². The van der Waals surface area contributed by atoms with Gasteiger partial charge in [-0.3, -0.25) is 9.59 Å². The van der Waals surface area contributed by atoms with E-state index in [-0.39, 0.29) is 17.9 Å². The highest BCUT2D eigenvalue weighted by molar-refractivity contribution is 6.06. The number of hydrogen-bond donors (Lipinski definition) is 3. The first-order chi connectivity index (χ1) is 14.3. The molecule has 3 N–H and O–H groups in total. The number of benzene rings is 2. The summed E-state index contributed by atoms with van der Waals surface area (Å²) in [6.45, 7) is 6.29. The highest BCUT2D eigenvalue weighted by Gasteiger charge is 2.22. The van der Waals surface area contributed by atoms with Crippen LogP contribution >= 0.6 is 0 Å². The molecule has 0 saturated carbocycles. The van der Waals surface area contributed by atoms with Crippen LogP contribution < -0.4 is 10.6 Å². The molecular weight excluding hydrogens is 380 g/mol. The van der Waals surface area contributed by atoms with Gasteiger partial charge in [-0.25, -0.2) is 4.98 Å². The van der Waals surface area contributed by atoms with Crippen LogP contribution in [0.25, 0.3) is 11.0 Å². The first-order valence-electron chi connectivity index (χ1n) is 10.1. The van der Waals surface area contributed by atoms with E-state index in [1.165, 1.54) is 0 Å². The van der Waals surface area contributed by atoms with Crippen LogP contribution in [0.1, 0.15) is 55.9 Å². The maximum Gasteiger partial charge on any atom is 0.255 e. The lowest BCUT2D eigenvalue weighted by atomic mass is 9.95. The first-order valence-corrected chi connectivity index (χ1v) is 10.1. The topological polar surface area (TPSA) is 96.1 Å². The van der Waals surface area contributed by atoms with Gasteiger partial charge >= 0.3 is 0 Å². The van der Waals surface area contributed by atoms with Crippen LogP contribution in [0.15, 0.2) is 42.5 Å². The van der Waals surface area contributed by atoms with E-state index in [9.17, 15) is 9.59 Å². The Kier molecular flexibility index (Phi) is 5.30. The van der Waals surface area contributed by atoms with E-state index in [1.807, 2.05) is 39.0 Å². The molecule has 2 amide bonds. The number of anilines is 2. The minimum absolute atomic E-state index is 0.0153.